The van der Waals surface area contributed by atoms with E-state index in [4.69, 9.17) is 4.74 Å². The van der Waals surface area contributed by atoms with Crippen molar-refractivity contribution in [1.82, 2.24) is 20.4 Å². The number of fused-ring (bicyclic) bond motifs is 2. The molecular weight excluding hydrogens is 508 g/mol. The molecule has 2 N–H and O–H groups in total. The van der Waals surface area contributed by atoms with Crippen LogP contribution < -0.4 is 10.2 Å². The standard InChI is InChI=1S/C28H35F2N5O4/c1-3-4-11-39-27(38)35-20-14-19(15-24(35)28(29,30)16-20)34(2)25-8-7-22(32-33-25)21-6-5-17(12-23(21)36)18-9-10-31-26(37)13-18/h5-8,12,18-20,24,36H,3-4,9-11,13-16H2,1-2H3,(H,31,37)/t18-,19+,20-,24+/m0/s1. The highest BCUT2D eigenvalue weighted by atomic mass is 19.3. The number of aromatic nitrogens is 2. The SMILES string of the molecule is CCCCOC(=O)N1[C@H]2C[C@@H](N(C)c3ccc(-c4ccc([C@H]5CCNC(=O)C5)cc4O)nn3)C[C@@H]1C(F)(F)C2. The van der Waals surface area contributed by atoms with Gasteiger partial charge in [0.05, 0.1) is 12.3 Å². The first kappa shape index (κ1) is 27.1. The molecule has 0 aliphatic carbocycles. The quantitative estimate of drug-likeness (QED) is 0.497. The number of hydrogen-bond acceptors (Lipinski definition) is 7. The third-order valence-corrected chi connectivity index (χ3v) is 8.27. The van der Waals surface area contributed by atoms with Crippen LogP contribution in [0.3, 0.4) is 0 Å². The second kappa shape index (κ2) is 10.9. The number of halogens is 2. The van der Waals surface area contributed by atoms with Crippen molar-refractivity contribution in [3.63, 3.8) is 0 Å². The van der Waals surface area contributed by atoms with Gasteiger partial charge in [-0.05, 0) is 61.4 Å². The summed E-state index contributed by atoms with van der Waals surface area (Å²) in [6, 6.07) is 6.80. The highest BCUT2D eigenvalue weighted by Crippen LogP contribution is 2.47. The van der Waals surface area contributed by atoms with Crippen molar-refractivity contribution in [2.24, 2.45) is 0 Å². The lowest BCUT2D eigenvalue weighted by Crippen LogP contribution is -2.54. The summed E-state index contributed by atoms with van der Waals surface area (Å²) in [7, 11) is 1.80. The van der Waals surface area contributed by atoms with Crippen LogP contribution in [0, 0.1) is 0 Å². The van der Waals surface area contributed by atoms with E-state index >= 15 is 0 Å². The van der Waals surface area contributed by atoms with E-state index in [2.05, 4.69) is 15.5 Å². The number of anilines is 1. The number of hydrogen-bond donors (Lipinski definition) is 2. The van der Waals surface area contributed by atoms with Crippen LogP contribution in [-0.4, -0.2) is 76.5 Å². The Hall–Kier alpha value is -3.50. The first-order chi connectivity index (χ1) is 18.7. The number of amides is 2. The highest BCUT2D eigenvalue weighted by molar-refractivity contribution is 5.78. The van der Waals surface area contributed by atoms with E-state index in [0.29, 0.717) is 42.9 Å². The fourth-order valence-corrected chi connectivity index (χ4v) is 6.06. The van der Waals surface area contributed by atoms with Crippen molar-refractivity contribution in [1.29, 1.82) is 0 Å². The topological polar surface area (TPSA) is 108 Å². The van der Waals surface area contributed by atoms with Gasteiger partial charge in [0.25, 0.3) is 5.92 Å². The van der Waals surface area contributed by atoms with Gasteiger partial charge in [0.15, 0.2) is 5.82 Å². The number of piperidine rings is 2. The molecule has 3 saturated heterocycles. The Morgan fingerprint density at radius 1 is 1.26 bits per heavy atom. The number of nitrogens with one attached hydrogen (secondary N) is 1. The van der Waals surface area contributed by atoms with Gasteiger partial charge in [0.1, 0.15) is 11.8 Å². The molecule has 3 aliphatic rings. The number of carbonyl (C=O) groups is 2. The molecule has 4 atom stereocenters. The van der Waals surface area contributed by atoms with Crippen molar-refractivity contribution in [2.45, 2.75) is 81.8 Å². The van der Waals surface area contributed by atoms with Crippen LogP contribution in [0.1, 0.15) is 63.4 Å². The number of rotatable bonds is 7. The minimum absolute atomic E-state index is 0.00898. The van der Waals surface area contributed by atoms with E-state index < -0.39 is 24.1 Å². The van der Waals surface area contributed by atoms with Gasteiger partial charge in [-0.2, -0.15) is 0 Å². The smallest absolute Gasteiger partial charge is 0.410 e. The summed E-state index contributed by atoms with van der Waals surface area (Å²) in [6.45, 7) is 2.83. The number of phenols is 1. The third-order valence-electron chi connectivity index (χ3n) is 8.27. The van der Waals surface area contributed by atoms with E-state index in [0.717, 1.165) is 18.4 Å². The summed E-state index contributed by atoms with van der Waals surface area (Å²) in [5.41, 5.74) is 1.91. The maximum atomic E-state index is 14.8. The largest absolute Gasteiger partial charge is 0.507 e. The van der Waals surface area contributed by atoms with Crippen molar-refractivity contribution < 1.29 is 28.2 Å². The lowest BCUT2D eigenvalue weighted by atomic mass is 9.89. The third kappa shape index (κ3) is 5.49. The Labute approximate surface area is 226 Å². The number of phenolic OH excluding ortho intramolecular Hbond substituents is 1. The Morgan fingerprint density at radius 2 is 2.08 bits per heavy atom. The minimum atomic E-state index is -2.97. The monoisotopic (exact) mass is 543 g/mol. The predicted octanol–water partition coefficient (Wildman–Crippen LogP) is 4.46. The van der Waals surface area contributed by atoms with Gasteiger partial charge in [-0.15, -0.1) is 10.2 Å². The summed E-state index contributed by atoms with van der Waals surface area (Å²) in [4.78, 5) is 27.4. The summed E-state index contributed by atoms with van der Waals surface area (Å²) in [5, 5.41) is 22.1. The molecule has 5 rings (SSSR count). The first-order valence-electron chi connectivity index (χ1n) is 13.7. The summed E-state index contributed by atoms with van der Waals surface area (Å²) in [6.07, 6.45) is 2.24. The Morgan fingerprint density at radius 3 is 2.74 bits per heavy atom. The molecule has 11 heteroatoms. The molecule has 1 aromatic heterocycles. The summed E-state index contributed by atoms with van der Waals surface area (Å²) in [5.74, 6) is -2.31. The van der Waals surface area contributed by atoms with Crippen LogP contribution in [0.15, 0.2) is 30.3 Å². The van der Waals surface area contributed by atoms with Gasteiger partial charge in [-0.1, -0.05) is 19.4 Å². The maximum Gasteiger partial charge on any atom is 0.410 e. The fraction of sp³-hybridized carbons (Fsp3) is 0.571. The number of nitrogens with zero attached hydrogens (tertiary/aromatic N) is 4. The lowest BCUT2D eigenvalue weighted by Gasteiger charge is -2.41. The molecule has 0 radical (unpaired) electrons. The van der Waals surface area contributed by atoms with Crippen molar-refractivity contribution in [3.05, 3.63) is 35.9 Å². The Bertz CT molecular complexity index is 1210. The van der Waals surface area contributed by atoms with Gasteiger partial charge in [0.2, 0.25) is 5.91 Å². The Kier molecular flexibility index (Phi) is 7.59. The highest BCUT2D eigenvalue weighted by Gasteiger charge is 2.60. The summed E-state index contributed by atoms with van der Waals surface area (Å²) < 4.78 is 35.0. The van der Waals surface area contributed by atoms with Gasteiger partial charge in [-0.25, -0.2) is 13.6 Å². The van der Waals surface area contributed by atoms with Gasteiger partial charge >= 0.3 is 6.09 Å². The number of unbranched alkanes of at least 4 members (excludes halogenated alkanes) is 1. The van der Waals surface area contributed by atoms with E-state index in [-0.39, 0.29) is 43.1 Å². The van der Waals surface area contributed by atoms with Gasteiger partial charge in [-0.3, -0.25) is 9.69 Å². The molecular formula is C28H35F2N5O4. The molecule has 9 nitrogen and oxygen atoms in total. The molecule has 3 aliphatic heterocycles. The molecule has 0 spiro atoms. The van der Waals surface area contributed by atoms with Crippen LogP contribution in [0.5, 0.6) is 5.75 Å². The molecule has 0 saturated carbocycles. The molecule has 2 aromatic rings. The molecule has 39 heavy (non-hydrogen) atoms. The second-order valence-corrected chi connectivity index (χ2v) is 10.8. The first-order valence-corrected chi connectivity index (χ1v) is 13.7. The van der Waals surface area contributed by atoms with Crippen LogP contribution in [0.25, 0.3) is 11.3 Å². The van der Waals surface area contributed by atoms with E-state index in [1.807, 2.05) is 17.9 Å². The Balaban J connectivity index is 1.26. The minimum Gasteiger partial charge on any atom is -0.507 e. The van der Waals surface area contributed by atoms with Crippen LogP contribution >= 0.6 is 0 Å². The lowest BCUT2D eigenvalue weighted by molar-refractivity contribution is -0.122. The molecule has 2 amide bonds. The zero-order valence-electron chi connectivity index (χ0n) is 22.3. The predicted molar refractivity (Wildman–Crippen MR) is 141 cm³/mol. The summed E-state index contributed by atoms with van der Waals surface area (Å²) >= 11 is 0. The zero-order valence-corrected chi connectivity index (χ0v) is 22.3. The number of aromatic hydroxyl groups is 1. The molecule has 210 valence electrons. The molecule has 0 unspecified atom stereocenters. The second-order valence-electron chi connectivity index (χ2n) is 10.8. The van der Waals surface area contributed by atoms with Crippen LogP contribution in [-0.2, 0) is 9.53 Å². The average Bonchev–Trinajstić information content (AvgIpc) is 3.08. The number of ether oxygens (including phenoxy) is 1. The number of alkyl halides is 2. The molecule has 3 fully saturated rings. The van der Waals surface area contributed by atoms with E-state index in [1.165, 1.54) is 4.90 Å². The van der Waals surface area contributed by atoms with Crippen LogP contribution in [0.4, 0.5) is 19.4 Å². The van der Waals surface area contributed by atoms with Gasteiger partial charge in [0, 0.05) is 44.1 Å². The normalized spacial score (nSPS) is 25.7. The average molecular weight is 544 g/mol. The van der Waals surface area contributed by atoms with E-state index in [9.17, 15) is 23.5 Å². The van der Waals surface area contributed by atoms with Crippen molar-refractivity contribution in [3.8, 4) is 17.0 Å². The zero-order chi connectivity index (χ0) is 27.7. The molecule has 4 heterocycles. The van der Waals surface area contributed by atoms with Gasteiger partial charge < -0.3 is 20.1 Å². The number of carbonyl (C=O) groups excluding carboxylic acids is 2. The fourth-order valence-electron chi connectivity index (χ4n) is 6.06. The van der Waals surface area contributed by atoms with Crippen molar-refractivity contribution in [2.75, 3.05) is 25.1 Å². The molecule has 2 bridgehead atoms. The maximum absolute atomic E-state index is 14.8. The van der Waals surface area contributed by atoms with E-state index in [1.54, 1.807) is 31.3 Å². The number of benzene rings is 1. The molecule has 1 aromatic carbocycles. The van der Waals surface area contributed by atoms with Crippen LogP contribution in [0.2, 0.25) is 0 Å². The van der Waals surface area contributed by atoms with Crippen molar-refractivity contribution >= 4 is 17.8 Å².